The lowest BCUT2D eigenvalue weighted by molar-refractivity contribution is -0.140. The van der Waals surface area contributed by atoms with Gasteiger partial charge in [-0.05, 0) is 41.7 Å². The number of pyridine rings is 1. The first kappa shape index (κ1) is 26.8. The minimum absolute atomic E-state index is 0.0402. The topological polar surface area (TPSA) is 103 Å². The maximum Gasteiger partial charge on any atom is 0.437 e. The van der Waals surface area contributed by atoms with Gasteiger partial charge in [0.05, 0.1) is 29.0 Å². The number of hydrogen-bond donors (Lipinski definition) is 2. The summed E-state index contributed by atoms with van der Waals surface area (Å²) in [5.74, 6) is -2.62. The number of alkyl halides is 3. The number of primary amides is 1. The highest BCUT2D eigenvalue weighted by atomic mass is 19.4. The van der Waals surface area contributed by atoms with Gasteiger partial charge in [-0.1, -0.05) is 45.0 Å². The van der Waals surface area contributed by atoms with Crippen LogP contribution in [0.1, 0.15) is 64.1 Å². The van der Waals surface area contributed by atoms with Crippen molar-refractivity contribution in [2.24, 2.45) is 5.73 Å². The smallest absolute Gasteiger partial charge is 0.364 e. The van der Waals surface area contributed by atoms with E-state index in [9.17, 15) is 27.2 Å². The molecule has 38 heavy (non-hydrogen) atoms. The lowest BCUT2D eigenvalue weighted by Crippen LogP contribution is -2.19. The summed E-state index contributed by atoms with van der Waals surface area (Å²) in [6.45, 7) is 7.62. The summed E-state index contributed by atoms with van der Waals surface area (Å²) in [6.07, 6.45) is -4.86. The van der Waals surface area contributed by atoms with Crippen LogP contribution >= 0.6 is 0 Å². The number of amides is 2. The van der Waals surface area contributed by atoms with Crippen molar-refractivity contribution in [1.29, 1.82) is 0 Å². The summed E-state index contributed by atoms with van der Waals surface area (Å²) < 4.78 is 56.8. The third-order valence-corrected chi connectivity index (χ3v) is 6.13. The lowest BCUT2D eigenvalue weighted by atomic mass is 9.87. The van der Waals surface area contributed by atoms with E-state index in [1.165, 1.54) is 17.7 Å². The van der Waals surface area contributed by atoms with Crippen molar-refractivity contribution in [1.82, 2.24) is 14.8 Å². The summed E-state index contributed by atoms with van der Waals surface area (Å²) in [5.41, 5.74) is 4.70. The molecule has 2 amide bonds. The molecule has 2 heterocycles. The second-order valence-corrected chi connectivity index (χ2v) is 9.95. The zero-order valence-corrected chi connectivity index (χ0v) is 21.1. The van der Waals surface area contributed by atoms with E-state index in [0.29, 0.717) is 0 Å². The van der Waals surface area contributed by atoms with Crippen LogP contribution in [0.25, 0.3) is 10.9 Å². The Balaban J connectivity index is 1.74. The van der Waals surface area contributed by atoms with E-state index in [0.717, 1.165) is 29.3 Å². The largest absolute Gasteiger partial charge is 0.437 e. The molecule has 0 aliphatic rings. The number of hydrogen-bond acceptors (Lipinski definition) is 4. The Morgan fingerprint density at radius 2 is 1.68 bits per heavy atom. The van der Waals surface area contributed by atoms with Gasteiger partial charge in [0.15, 0.2) is 5.69 Å². The molecule has 0 aliphatic heterocycles. The number of carbonyl (C=O) groups excluding carboxylic acids is 2. The summed E-state index contributed by atoms with van der Waals surface area (Å²) >= 11 is 0. The number of nitrogens with two attached hydrogens (primary N) is 1. The Morgan fingerprint density at radius 1 is 1.03 bits per heavy atom. The van der Waals surface area contributed by atoms with E-state index in [1.807, 2.05) is 24.3 Å². The van der Waals surface area contributed by atoms with Crippen LogP contribution in [0.15, 0.2) is 48.5 Å². The van der Waals surface area contributed by atoms with Crippen LogP contribution in [0.2, 0.25) is 0 Å². The molecule has 0 radical (unpaired) electrons. The van der Waals surface area contributed by atoms with E-state index < -0.39 is 35.2 Å². The van der Waals surface area contributed by atoms with E-state index >= 15 is 0 Å². The Kier molecular flexibility index (Phi) is 6.73. The van der Waals surface area contributed by atoms with E-state index in [1.54, 1.807) is 0 Å². The van der Waals surface area contributed by atoms with Gasteiger partial charge in [-0.3, -0.25) is 14.3 Å². The summed E-state index contributed by atoms with van der Waals surface area (Å²) in [7, 11) is 0. The monoisotopic (exact) mass is 527 g/mol. The number of benzene rings is 2. The Bertz CT molecular complexity index is 1550. The zero-order chi connectivity index (χ0) is 28.0. The van der Waals surface area contributed by atoms with E-state index in [-0.39, 0.29) is 39.8 Å². The molecule has 3 N–H and O–H groups in total. The van der Waals surface area contributed by atoms with Crippen LogP contribution < -0.4 is 11.1 Å². The third kappa shape index (κ3) is 5.36. The molecule has 0 saturated carbocycles. The molecule has 4 rings (SSSR count). The number of nitrogens with one attached hydrogen (secondary N) is 1. The van der Waals surface area contributed by atoms with Crippen molar-refractivity contribution in [3.8, 4) is 0 Å². The first-order chi connectivity index (χ1) is 17.6. The van der Waals surface area contributed by atoms with Gasteiger partial charge >= 0.3 is 6.18 Å². The fourth-order valence-corrected chi connectivity index (χ4v) is 4.03. The van der Waals surface area contributed by atoms with Gasteiger partial charge < -0.3 is 11.1 Å². The van der Waals surface area contributed by atoms with Gasteiger partial charge in [-0.25, -0.2) is 9.37 Å². The Morgan fingerprint density at radius 3 is 2.26 bits per heavy atom. The minimum Gasteiger partial charge on any atom is -0.364 e. The summed E-state index contributed by atoms with van der Waals surface area (Å²) in [6, 6.07) is 11.8. The molecular formula is C27H25F4N5O2. The van der Waals surface area contributed by atoms with Gasteiger partial charge in [0, 0.05) is 11.5 Å². The maximum absolute atomic E-state index is 13.9. The fourth-order valence-electron chi connectivity index (χ4n) is 4.03. The summed E-state index contributed by atoms with van der Waals surface area (Å²) in [5, 5.41) is 6.18. The first-order valence-corrected chi connectivity index (χ1v) is 11.6. The van der Waals surface area contributed by atoms with Gasteiger partial charge in [0.1, 0.15) is 11.5 Å². The molecular weight excluding hydrogens is 502 g/mol. The summed E-state index contributed by atoms with van der Waals surface area (Å²) in [4.78, 5) is 28.9. The normalized spacial score (nSPS) is 12.1. The number of carbonyl (C=O) groups is 2. The number of rotatable bonds is 5. The van der Waals surface area contributed by atoms with Gasteiger partial charge in [-0.2, -0.15) is 18.3 Å². The van der Waals surface area contributed by atoms with E-state index in [4.69, 9.17) is 5.73 Å². The molecule has 0 spiro atoms. The Hall–Kier alpha value is -4.28. The fraction of sp³-hybridized carbons (Fsp3) is 0.259. The van der Waals surface area contributed by atoms with Crippen LogP contribution in [-0.2, 0) is 18.1 Å². The van der Waals surface area contributed by atoms with Crippen molar-refractivity contribution in [2.75, 3.05) is 5.32 Å². The van der Waals surface area contributed by atoms with Crippen LogP contribution in [0.3, 0.4) is 0 Å². The predicted octanol–water partition coefficient (Wildman–Crippen LogP) is 5.59. The molecule has 198 valence electrons. The molecule has 0 bridgehead atoms. The highest BCUT2D eigenvalue weighted by Gasteiger charge is 2.39. The highest BCUT2D eigenvalue weighted by Crippen LogP contribution is 2.36. The molecule has 2 aromatic heterocycles. The molecule has 0 atom stereocenters. The minimum atomic E-state index is -4.86. The number of nitrogens with zero attached hydrogens (tertiary/aromatic N) is 3. The van der Waals surface area contributed by atoms with Crippen molar-refractivity contribution in [3.63, 3.8) is 0 Å². The molecule has 0 aliphatic carbocycles. The highest BCUT2D eigenvalue weighted by molar-refractivity contribution is 6.14. The second kappa shape index (κ2) is 9.55. The zero-order valence-electron chi connectivity index (χ0n) is 21.1. The number of anilines is 1. The molecule has 2 aromatic carbocycles. The molecule has 0 unspecified atom stereocenters. The van der Waals surface area contributed by atoms with Crippen molar-refractivity contribution < 1.29 is 27.2 Å². The van der Waals surface area contributed by atoms with Crippen molar-refractivity contribution in [3.05, 3.63) is 88.1 Å². The average Bonchev–Trinajstić information content (AvgIpc) is 3.13. The van der Waals surface area contributed by atoms with Gasteiger partial charge in [0.2, 0.25) is 0 Å². The lowest BCUT2D eigenvalue weighted by Gasteiger charge is -2.19. The molecule has 11 heteroatoms. The van der Waals surface area contributed by atoms with Crippen molar-refractivity contribution >= 4 is 28.4 Å². The average molecular weight is 528 g/mol. The molecule has 0 saturated heterocycles. The van der Waals surface area contributed by atoms with Crippen LogP contribution in [0.5, 0.6) is 0 Å². The SMILES string of the molecule is Cc1c(NC(=O)c2cc(C(N)=O)nc3cc(F)ccc23)c(C(F)(F)F)nn1Cc1ccc(C(C)(C)C)cc1. The molecule has 7 nitrogen and oxygen atoms in total. The first-order valence-electron chi connectivity index (χ1n) is 11.6. The van der Waals surface area contributed by atoms with Crippen LogP contribution in [0, 0.1) is 12.7 Å². The molecule has 0 fully saturated rings. The predicted molar refractivity (Wildman–Crippen MR) is 134 cm³/mol. The van der Waals surface area contributed by atoms with Crippen LogP contribution in [-0.4, -0.2) is 26.6 Å². The molecule has 4 aromatic rings. The van der Waals surface area contributed by atoms with Crippen molar-refractivity contribution in [2.45, 2.75) is 45.8 Å². The number of halogens is 4. The number of aromatic nitrogens is 3. The third-order valence-electron chi connectivity index (χ3n) is 6.13. The van der Waals surface area contributed by atoms with E-state index in [2.05, 4.69) is 36.2 Å². The van der Waals surface area contributed by atoms with Crippen LogP contribution in [0.4, 0.5) is 23.2 Å². The van der Waals surface area contributed by atoms with Gasteiger partial charge in [-0.15, -0.1) is 0 Å². The maximum atomic E-state index is 13.9. The number of fused-ring (bicyclic) bond motifs is 1. The second-order valence-electron chi connectivity index (χ2n) is 9.95. The van der Waals surface area contributed by atoms with Gasteiger partial charge in [0.25, 0.3) is 11.8 Å². The quantitative estimate of drug-likeness (QED) is 0.330. The standard InChI is InChI=1S/C27H25F4N5O2/c1-14-22(34-25(38)19-12-21(24(32)37)33-20-11-17(28)9-10-18(19)20)23(27(29,30)31)35-36(14)13-15-5-7-16(8-6-15)26(2,3)4/h5-12H,13H2,1-4H3,(H2,32,37)(H,34,38). The Labute approximate surface area is 215 Å².